The van der Waals surface area contributed by atoms with E-state index in [-0.39, 0.29) is 12.2 Å². The summed E-state index contributed by atoms with van der Waals surface area (Å²) in [6, 6.07) is 3.90. The van der Waals surface area contributed by atoms with Crippen LogP contribution in [-0.2, 0) is 13.1 Å². The lowest BCUT2D eigenvalue weighted by Crippen LogP contribution is -2.30. The summed E-state index contributed by atoms with van der Waals surface area (Å²) >= 11 is 0. The molecular weight excluding hydrogens is 274 g/mol. The van der Waals surface area contributed by atoms with Crippen molar-refractivity contribution in [2.75, 3.05) is 6.54 Å². The Bertz CT molecular complexity index is 596. The van der Waals surface area contributed by atoms with E-state index in [1.165, 1.54) is 10.9 Å². The second-order valence-corrected chi connectivity index (χ2v) is 4.77. The molecule has 0 saturated carbocycles. The van der Waals surface area contributed by atoms with Crippen LogP contribution in [0.1, 0.15) is 11.3 Å². The van der Waals surface area contributed by atoms with Gasteiger partial charge in [-0.3, -0.25) is 19.8 Å². The summed E-state index contributed by atoms with van der Waals surface area (Å²) in [6.07, 6.45) is 3.57. The minimum atomic E-state index is -0.678. The molecule has 0 spiro atoms. The van der Waals surface area contributed by atoms with E-state index in [0.29, 0.717) is 13.1 Å². The SMILES string of the molecule is Cc1ccc(CNCC(O)Cn2cc([N+](=O)[O-])cn2)cn1. The molecule has 0 aliphatic carbocycles. The largest absolute Gasteiger partial charge is 0.390 e. The average molecular weight is 291 g/mol. The second-order valence-electron chi connectivity index (χ2n) is 4.77. The van der Waals surface area contributed by atoms with E-state index in [1.807, 2.05) is 19.1 Å². The predicted molar refractivity (Wildman–Crippen MR) is 75.6 cm³/mol. The molecule has 112 valence electrons. The number of aliphatic hydroxyl groups excluding tert-OH is 1. The van der Waals surface area contributed by atoms with Gasteiger partial charge >= 0.3 is 5.69 Å². The third-order valence-electron chi connectivity index (χ3n) is 2.91. The summed E-state index contributed by atoms with van der Waals surface area (Å²) in [5.41, 5.74) is 1.91. The molecule has 0 radical (unpaired) electrons. The van der Waals surface area contributed by atoms with E-state index < -0.39 is 11.0 Å². The van der Waals surface area contributed by atoms with E-state index in [4.69, 9.17) is 0 Å². The van der Waals surface area contributed by atoms with Gasteiger partial charge in [0.2, 0.25) is 0 Å². The van der Waals surface area contributed by atoms with Crippen LogP contribution in [0.3, 0.4) is 0 Å². The van der Waals surface area contributed by atoms with Gasteiger partial charge in [-0.15, -0.1) is 0 Å². The van der Waals surface area contributed by atoms with E-state index in [2.05, 4.69) is 15.4 Å². The Kier molecular flexibility index (Phi) is 4.96. The van der Waals surface area contributed by atoms with Crippen LogP contribution in [-0.4, -0.2) is 37.4 Å². The summed E-state index contributed by atoms with van der Waals surface area (Å²) in [5.74, 6) is 0. The average Bonchev–Trinajstić information content (AvgIpc) is 2.90. The molecule has 8 heteroatoms. The Hall–Kier alpha value is -2.32. The second kappa shape index (κ2) is 6.91. The monoisotopic (exact) mass is 291 g/mol. The lowest BCUT2D eigenvalue weighted by atomic mass is 10.2. The van der Waals surface area contributed by atoms with Gasteiger partial charge in [0.1, 0.15) is 12.4 Å². The Morgan fingerprint density at radius 2 is 2.29 bits per heavy atom. The number of rotatable bonds is 7. The minimum absolute atomic E-state index is 0.0825. The number of aromatic nitrogens is 3. The highest BCUT2D eigenvalue weighted by Crippen LogP contribution is 2.08. The van der Waals surface area contributed by atoms with E-state index in [0.717, 1.165) is 17.5 Å². The lowest BCUT2D eigenvalue weighted by Gasteiger charge is -2.11. The van der Waals surface area contributed by atoms with Gasteiger partial charge in [-0.1, -0.05) is 6.07 Å². The van der Waals surface area contributed by atoms with Gasteiger partial charge in [0, 0.05) is 25.0 Å². The van der Waals surface area contributed by atoms with Crippen molar-refractivity contribution in [1.29, 1.82) is 0 Å². The smallest absolute Gasteiger partial charge is 0.306 e. The zero-order valence-corrected chi connectivity index (χ0v) is 11.6. The fraction of sp³-hybridized carbons (Fsp3) is 0.385. The van der Waals surface area contributed by atoms with Crippen molar-refractivity contribution < 1.29 is 10.0 Å². The fourth-order valence-corrected chi connectivity index (χ4v) is 1.81. The molecular formula is C13H17N5O3. The number of hydrogen-bond acceptors (Lipinski definition) is 6. The molecule has 2 heterocycles. The van der Waals surface area contributed by atoms with Gasteiger partial charge in [0.15, 0.2) is 0 Å². The molecule has 1 atom stereocenters. The van der Waals surface area contributed by atoms with Gasteiger partial charge in [0.25, 0.3) is 0 Å². The molecule has 0 saturated heterocycles. The van der Waals surface area contributed by atoms with Gasteiger partial charge < -0.3 is 10.4 Å². The molecule has 0 bridgehead atoms. The third kappa shape index (κ3) is 4.62. The summed E-state index contributed by atoms with van der Waals surface area (Å²) < 4.78 is 1.36. The van der Waals surface area contributed by atoms with Crippen LogP contribution in [0.15, 0.2) is 30.7 Å². The highest BCUT2D eigenvalue weighted by atomic mass is 16.6. The van der Waals surface area contributed by atoms with Gasteiger partial charge in [-0.2, -0.15) is 5.10 Å². The van der Waals surface area contributed by atoms with Crippen LogP contribution in [0.2, 0.25) is 0 Å². The zero-order chi connectivity index (χ0) is 15.2. The normalized spacial score (nSPS) is 12.3. The van der Waals surface area contributed by atoms with Gasteiger partial charge in [-0.05, 0) is 18.6 Å². The first-order chi connectivity index (χ1) is 10.0. The Labute approximate surface area is 121 Å². The first-order valence-electron chi connectivity index (χ1n) is 6.52. The molecule has 1 unspecified atom stereocenters. The molecule has 2 rings (SSSR count). The number of nitrogens with zero attached hydrogens (tertiary/aromatic N) is 4. The first kappa shape index (κ1) is 15.1. The van der Waals surface area contributed by atoms with Crippen molar-refractivity contribution in [3.05, 3.63) is 52.1 Å². The predicted octanol–water partition coefficient (Wildman–Crippen LogP) is 0.645. The van der Waals surface area contributed by atoms with Gasteiger partial charge in [0.05, 0.1) is 17.6 Å². The maximum atomic E-state index is 10.5. The first-order valence-corrected chi connectivity index (χ1v) is 6.52. The molecule has 0 amide bonds. The van der Waals surface area contributed by atoms with Crippen molar-refractivity contribution in [3.63, 3.8) is 0 Å². The molecule has 2 aromatic heterocycles. The number of aryl methyl sites for hydroxylation is 1. The Morgan fingerprint density at radius 3 is 2.90 bits per heavy atom. The summed E-state index contributed by atoms with van der Waals surface area (Å²) in [5, 5.41) is 27.3. The highest BCUT2D eigenvalue weighted by Gasteiger charge is 2.11. The number of hydrogen-bond donors (Lipinski definition) is 2. The molecule has 2 N–H and O–H groups in total. The quantitative estimate of drug-likeness (QED) is 0.573. The van der Waals surface area contributed by atoms with Crippen LogP contribution >= 0.6 is 0 Å². The maximum absolute atomic E-state index is 10.5. The topological polar surface area (TPSA) is 106 Å². The van der Waals surface area contributed by atoms with Crippen LogP contribution < -0.4 is 5.32 Å². The molecule has 0 aliphatic heterocycles. The molecule has 21 heavy (non-hydrogen) atoms. The maximum Gasteiger partial charge on any atom is 0.306 e. The minimum Gasteiger partial charge on any atom is -0.390 e. The zero-order valence-electron chi connectivity index (χ0n) is 11.6. The van der Waals surface area contributed by atoms with Crippen LogP contribution in [0.25, 0.3) is 0 Å². The molecule has 0 aliphatic rings. The summed E-state index contributed by atoms with van der Waals surface area (Å²) in [6.45, 7) is 3.09. The fourth-order valence-electron chi connectivity index (χ4n) is 1.81. The van der Waals surface area contributed by atoms with E-state index in [9.17, 15) is 15.2 Å². The van der Waals surface area contributed by atoms with Gasteiger partial charge in [-0.25, -0.2) is 0 Å². The highest BCUT2D eigenvalue weighted by molar-refractivity contribution is 5.20. The number of pyridine rings is 1. The van der Waals surface area contributed by atoms with Crippen LogP contribution in [0, 0.1) is 17.0 Å². The van der Waals surface area contributed by atoms with Crippen molar-refractivity contribution in [2.45, 2.75) is 26.1 Å². The van der Waals surface area contributed by atoms with Crippen molar-refractivity contribution in [2.24, 2.45) is 0 Å². The summed E-state index contributed by atoms with van der Waals surface area (Å²) in [7, 11) is 0. The Morgan fingerprint density at radius 1 is 1.48 bits per heavy atom. The van der Waals surface area contributed by atoms with Crippen LogP contribution in [0.5, 0.6) is 0 Å². The molecule has 0 fully saturated rings. The lowest BCUT2D eigenvalue weighted by molar-refractivity contribution is -0.385. The molecule has 2 aromatic rings. The number of aliphatic hydroxyl groups is 1. The number of nitrogens with one attached hydrogen (secondary N) is 1. The Balaban J connectivity index is 1.75. The van der Waals surface area contributed by atoms with Crippen LogP contribution in [0.4, 0.5) is 5.69 Å². The van der Waals surface area contributed by atoms with Crippen molar-refractivity contribution >= 4 is 5.69 Å². The third-order valence-corrected chi connectivity index (χ3v) is 2.91. The van der Waals surface area contributed by atoms with E-state index >= 15 is 0 Å². The number of nitro groups is 1. The molecule has 0 aromatic carbocycles. The van der Waals surface area contributed by atoms with Crippen molar-refractivity contribution in [1.82, 2.24) is 20.1 Å². The standard InChI is InChI=1S/C13H17N5O3/c1-10-2-3-11(5-15-10)4-14-7-13(19)9-17-8-12(6-16-17)18(20)21/h2-3,5-6,8,13-14,19H,4,7,9H2,1H3. The molecule has 8 nitrogen and oxygen atoms in total. The van der Waals surface area contributed by atoms with Crippen molar-refractivity contribution in [3.8, 4) is 0 Å². The van der Waals surface area contributed by atoms with E-state index in [1.54, 1.807) is 6.20 Å². The summed E-state index contributed by atoms with van der Waals surface area (Å²) in [4.78, 5) is 14.2.